The first-order valence-electron chi connectivity index (χ1n) is 6.29. The molecule has 1 atom stereocenters. The Morgan fingerprint density at radius 1 is 1.24 bits per heavy atom. The van der Waals surface area contributed by atoms with Gasteiger partial charge in [0.2, 0.25) is 11.8 Å². The highest BCUT2D eigenvalue weighted by Crippen LogP contribution is 2.17. The van der Waals surface area contributed by atoms with E-state index in [1.54, 1.807) is 24.3 Å². The van der Waals surface area contributed by atoms with E-state index in [0.717, 1.165) is 0 Å². The van der Waals surface area contributed by atoms with E-state index in [-0.39, 0.29) is 36.2 Å². The number of rotatable bonds is 4. The zero-order chi connectivity index (χ0) is 15.3. The van der Waals surface area contributed by atoms with Crippen LogP contribution < -0.4 is 16.4 Å². The lowest BCUT2D eigenvalue weighted by Crippen LogP contribution is -2.50. The molecule has 0 aromatic heterocycles. The number of anilines is 1. The summed E-state index contributed by atoms with van der Waals surface area (Å²) in [6.45, 7) is 5.48. The van der Waals surface area contributed by atoms with Crippen molar-refractivity contribution in [1.82, 2.24) is 5.32 Å². The maximum Gasteiger partial charge on any atom is 0.243 e. The zero-order valence-corrected chi connectivity index (χ0v) is 13.8. The Morgan fingerprint density at radius 2 is 1.76 bits per heavy atom. The van der Waals surface area contributed by atoms with Crippen molar-refractivity contribution >= 4 is 41.5 Å². The maximum absolute atomic E-state index is 11.8. The summed E-state index contributed by atoms with van der Waals surface area (Å²) in [6, 6.07) is 6.05. The standard InChI is InChI=1S/C14H20ClN3O2.ClH/c1-14(2,3)12(16)13(20)17-8-11(19)18-10-6-4-9(15)5-7-10;/h4-7,12H,8,16H2,1-3H3,(H,17,20)(H,18,19);1H/t12-;/m1./s1. The third-order valence-electron chi connectivity index (χ3n) is 2.77. The smallest absolute Gasteiger partial charge is 0.243 e. The molecule has 0 heterocycles. The van der Waals surface area contributed by atoms with Crippen molar-refractivity contribution < 1.29 is 9.59 Å². The summed E-state index contributed by atoms with van der Waals surface area (Å²) in [4.78, 5) is 23.4. The molecule has 1 aromatic carbocycles. The number of benzene rings is 1. The summed E-state index contributed by atoms with van der Waals surface area (Å²) in [5.41, 5.74) is 6.06. The fourth-order valence-corrected chi connectivity index (χ4v) is 1.54. The monoisotopic (exact) mass is 333 g/mol. The summed E-state index contributed by atoms with van der Waals surface area (Å²) in [7, 11) is 0. The van der Waals surface area contributed by atoms with Crippen LogP contribution in [0.2, 0.25) is 5.02 Å². The van der Waals surface area contributed by atoms with Gasteiger partial charge in [0.25, 0.3) is 0 Å². The highest BCUT2D eigenvalue weighted by Gasteiger charge is 2.27. The molecule has 5 nitrogen and oxygen atoms in total. The largest absolute Gasteiger partial charge is 0.346 e. The Bertz CT molecular complexity index is 484. The molecule has 0 bridgehead atoms. The Balaban J connectivity index is 0.00000400. The average Bonchev–Trinajstić information content (AvgIpc) is 2.36. The number of halogens is 2. The molecule has 4 N–H and O–H groups in total. The van der Waals surface area contributed by atoms with Gasteiger partial charge in [-0.15, -0.1) is 12.4 Å². The van der Waals surface area contributed by atoms with Crippen LogP contribution in [0.25, 0.3) is 0 Å². The summed E-state index contributed by atoms with van der Waals surface area (Å²) in [6.07, 6.45) is 0. The van der Waals surface area contributed by atoms with E-state index in [0.29, 0.717) is 10.7 Å². The Hall–Kier alpha value is -1.30. The van der Waals surface area contributed by atoms with Crippen LogP contribution in [0.1, 0.15) is 20.8 Å². The molecule has 0 fully saturated rings. The third-order valence-corrected chi connectivity index (χ3v) is 3.02. The van der Waals surface area contributed by atoms with Crippen LogP contribution in [0.15, 0.2) is 24.3 Å². The SMILES string of the molecule is CC(C)(C)[C@H](N)C(=O)NCC(=O)Nc1ccc(Cl)cc1.Cl. The van der Waals surface area contributed by atoms with E-state index >= 15 is 0 Å². The van der Waals surface area contributed by atoms with Gasteiger partial charge in [-0.2, -0.15) is 0 Å². The van der Waals surface area contributed by atoms with Crippen molar-refractivity contribution in [3.63, 3.8) is 0 Å². The second kappa shape index (κ2) is 8.22. The number of nitrogens with two attached hydrogens (primary N) is 1. The van der Waals surface area contributed by atoms with E-state index in [9.17, 15) is 9.59 Å². The second-order valence-electron chi connectivity index (χ2n) is 5.62. The lowest BCUT2D eigenvalue weighted by atomic mass is 9.87. The molecule has 0 saturated carbocycles. The van der Waals surface area contributed by atoms with Gasteiger partial charge in [-0.05, 0) is 29.7 Å². The van der Waals surface area contributed by atoms with Crippen LogP contribution in [-0.2, 0) is 9.59 Å². The summed E-state index contributed by atoms with van der Waals surface area (Å²) in [5, 5.41) is 5.76. The molecule has 1 rings (SSSR count). The van der Waals surface area contributed by atoms with Gasteiger partial charge < -0.3 is 16.4 Å². The number of carbonyl (C=O) groups is 2. The first kappa shape index (κ1) is 19.7. The van der Waals surface area contributed by atoms with Gasteiger partial charge in [0, 0.05) is 10.7 Å². The van der Waals surface area contributed by atoms with Gasteiger partial charge in [0.05, 0.1) is 12.6 Å². The van der Waals surface area contributed by atoms with E-state index in [2.05, 4.69) is 10.6 Å². The Morgan fingerprint density at radius 3 is 2.24 bits per heavy atom. The van der Waals surface area contributed by atoms with Gasteiger partial charge in [-0.1, -0.05) is 32.4 Å². The van der Waals surface area contributed by atoms with Crippen molar-refractivity contribution in [1.29, 1.82) is 0 Å². The predicted molar refractivity (Wildman–Crippen MR) is 87.8 cm³/mol. The van der Waals surface area contributed by atoms with Crippen LogP contribution >= 0.6 is 24.0 Å². The quantitative estimate of drug-likeness (QED) is 0.789. The van der Waals surface area contributed by atoms with Crippen molar-refractivity contribution in [2.75, 3.05) is 11.9 Å². The topological polar surface area (TPSA) is 84.2 Å². The van der Waals surface area contributed by atoms with Crippen LogP contribution in [0.5, 0.6) is 0 Å². The molecule has 21 heavy (non-hydrogen) atoms. The normalized spacial score (nSPS) is 12.0. The fourth-order valence-electron chi connectivity index (χ4n) is 1.41. The highest BCUT2D eigenvalue weighted by atomic mass is 35.5. The molecule has 0 aliphatic carbocycles. The molecule has 1 aromatic rings. The minimum Gasteiger partial charge on any atom is -0.346 e. The van der Waals surface area contributed by atoms with Gasteiger partial charge in [0.15, 0.2) is 0 Å². The summed E-state index contributed by atoms with van der Waals surface area (Å²) < 4.78 is 0. The number of hydrogen-bond acceptors (Lipinski definition) is 3. The second-order valence-corrected chi connectivity index (χ2v) is 6.05. The molecule has 0 aliphatic heterocycles. The van der Waals surface area contributed by atoms with Crippen molar-refractivity contribution in [3.8, 4) is 0 Å². The minimum absolute atomic E-state index is 0. The van der Waals surface area contributed by atoms with Gasteiger partial charge in [-0.3, -0.25) is 9.59 Å². The van der Waals surface area contributed by atoms with Crippen molar-refractivity contribution in [2.24, 2.45) is 11.1 Å². The van der Waals surface area contributed by atoms with Crippen LogP contribution in [-0.4, -0.2) is 24.4 Å². The van der Waals surface area contributed by atoms with E-state index < -0.39 is 6.04 Å². The molecule has 2 amide bonds. The molecule has 0 unspecified atom stereocenters. The number of nitrogens with one attached hydrogen (secondary N) is 2. The first-order chi connectivity index (χ1) is 9.20. The van der Waals surface area contributed by atoms with Crippen LogP contribution in [0.3, 0.4) is 0 Å². The molecule has 0 radical (unpaired) electrons. The van der Waals surface area contributed by atoms with Gasteiger partial charge in [0.1, 0.15) is 0 Å². The molecule has 118 valence electrons. The lowest BCUT2D eigenvalue weighted by Gasteiger charge is -2.25. The van der Waals surface area contributed by atoms with Gasteiger partial charge >= 0.3 is 0 Å². The van der Waals surface area contributed by atoms with Crippen LogP contribution in [0.4, 0.5) is 5.69 Å². The molecule has 0 saturated heterocycles. The number of hydrogen-bond donors (Lipinski definition) is 3. The number of amides is 2. The van der Waals surface area contributed by atoms with Gasteiger partial charge in [-0.25, -0.2) is 0 Å². The lowest BCUT2D eigenvalue weighted by molar-refractivity contribution is -0.126. The predicted octanol–water partition coefficient (Wildman–Crippen LogP) is 2.19. The maximum atomic E-state index is 11.8. The molecule has 0 spiro atoms. The van der Waals surface area contributed by atoms with E-state index in [4.69, 9.17) is 17.3 Å². The first-order valence-corrected chi connectivity index (χ1v) is 6.66. The Kier molecular flexibility index (Phi) is 7.71. The number of carbonyl (C=O) groups excluding carboxylic acids is 2. The average molecular weight is 334 g/mol. The van der Waals surface area contributed by atoms with Crippen molar-refractivity contribution in [3.05, 3.63) is 29.3 Å². The highest BCUT2D eigenvalue weighted by molar-refractivity contribution is 6.30. The van der Waals surface area contributed by atoms with E-state index in [1.807, 2.05) is 20.8 Å². The van der Waals surface area contributed by atoms with Crippen LogP contribution in [0, 0.1) is 5.41 Å². The molecular formula is C14H21Cl2N3O2. The Labute approximate surface area is 136 Å². The summed E-state index contributed by atoms with van der Waals surface area (Å²) >= 11 is 5.74. The fraction of sp³-hybridized carbons (Fsp3) is 0.429. The zero-order valence-electron chi connectivity index (χ0n) is 12.3. The molecule has 0 aliphatic rings. The molecular weight excluding hydrogens is 313 g/mol. The molecule has 7 heteroatoms. The minimum atomic E-state index is -0.661. The third kappa shape index (κ3) is 6.80. The van der Waals surface area contributed by atoms with Crippen molar-refractivity contribution in [2.45, 2.75) is 26.8 Å². The summed E-state index contributed by atoms with van der Waals surface area (Å²) in [5.74, 6) is -0.662. The van der Waals surface area contributed by atoms with E-state index in [1.165, 1.54) is 0 Å².